The fourth-order valence-electron chi connectivity index (χ4n) is 1.33. The van der Waals surface area contributed by atoms with E-state index < -0.39 is 17.8 Å². The van der Waals surface area contributed by atoms with Crippen molar-refractivity contribution in [2.75, 3.05) is 5.32 Å². The van der Waals surface area contributed by atoms with Crippen molar-refractivity contribution in [3.05, 3.63) is 28.2 Å². The van der Waals surface area contributed by atoms with Gasteiger partial charge in [0.05, 0.1) is 11.6 Å². The molecule has 0 saturated heterocycles. The molecule has 0 radical (unpaired) electrons. The van der Waals surface area contributed by atoms with Crippen molar-refractivity contribution < 1.29 is 13.2 Å². The molecule has 0 aliphatic heterocycles. The van der Waals surface area contributed by atoms with Gasteiger partial charge in [0, 0.05) is 10.2 Å². The Balaban J connectivity index is 3.13. The summed E-state index contributed by atoms with van der Waals surface area (Å²) in [4.78, 5) is 0. The van der Waals surface area contributed by atoms with Gasteiger partial charge in [-0.3, -0.25) is 0 Å². The molecule has 1 rings (SSSR count). The second-order valence-electron chi connectivity index (χ2n) is 3.46. The van der Waals surface area contributed by atoms with Crippen LogP contribution in [-0.4, -0.2) is 6.04 Å². The Kier molecular flexibility index (Phi) is 4.47. The molecule has 92 valence electrons. The molecule has 0 aromatic heterocycles. The van der Waals surface area contributed by atoms with Crippen LogP contribution in [0, 0.1) is 12.3 Å². The van der Waals surface area contributed by atoms with Crippen LogP contribution in [0.1, 0.15) is 18.9 Å². The molecule has 1 aromatic rings. The highest BCUT2D eigenvalue weighted by Gasteiger charge is 2.33. The molecule has 0 saturated carbocycles. The number of hydrogen-bond donors (Lipinski definition) is 1. The molecule has 0 spiro atoms. The fraction of sp³-hybridized carbons (Fsp3) is 0.333. The Morgan fingerprint density at radius 3 is 2.59 bits per heavy atom. The highest BCUT2D eigenvalue weighted by Crippen LogP contribution is 2.36. The molecule has 1 nitrogen and oxygen atoms in total. The molecule has 1 unspecified atom stereocenters. The van der Waals surface area contributed by atoms with Crippen molar-refractivity contribution in [1.29, 1.82) is 0 Å². The predicted octanol–water partition coefficient (Wildman–Crippen LogP) is 4.29. The van der Waals surface area contributed by atoms with Crippen molar-refractivity contribution in [3.63, 3.8) is 0 Å². The SMILES string of the molecule is C#CC(CC)Nc1cc(Br)ccc1C(F)(F)F. The molecule has 0 heterocycles. The molecule has 5 heteroatoms. The number of alkyl halides is 3. The van der Waals surface area contributed by atoms with E-state index in [1.807, 2.05) is 6.92 Å². The van der Waals surface area contributed by atoms with E-state index in [-0.39, 0.29) is 5.69 Å². The van der Waals surface area contributed by atoms with E-state index in [0.717, 1.165) is 6.07 Å². The molecule has 0 amide bonds. The van der Waals surface area contributed by atoms with E-state index in [0.29, 0.717) is 10.9 Å². The summed E-state index contributed by atoms with van der Waals surface area (Å²) < 4.78 is 38.8. The third kappa shape index (κ3) is 3.67. The number of halogens is 4. The van der Waals surface area contributed by atoms with Crippen molar-refractivity contribution >= 4 is 21.6 Å². The van der Waals surface area contributed by atoms with Gasteiger partial charge in [-0.1, -0.05) is 28.8 Å². The third-order valence-corrected chi connectivity index (χ3v) is 2.72. The maximum atomic E-state index is 12.7. The standard InChI is InChI=1S/C12H11BrF3N/c1-3-9(4-2)17-11-7-8(13)5-6-10(11)12(14,15)16/h1,5-7,9,17H,4H2,2H3. The summed E-state index contributed by atoms with van der Waals surface area (Å²) in [6.45, 7) is 1.81. The Morgan fingerprint density at radius 2 is 2.12 bits per heavy atom. The van der Waals surface area contributed by atoms with Gasteiger partial charge >= 0.3 is 6.18 Å². The maximum absolute atomic E-state index is 12.7. The van der Waals surface area contributed by atoms with Crippen LogP contribution in [0.5, 0.6) is 0 Å². The van der Waals surface area contributed by atoms with Crippen molar-refractivity contribution in [2.45, 2.75) is 25.6 Å². The Hall–Kier alpha value is -1.15. The lowest BCUT2D eigenvalue weighted by atomic mass is 10.1. The van der Waals surface area contributed by atoms with E-state index in [2.05, 4.69) is 27.2 Å². The average molecular weight is 306 g/mol. The first-order valence-electron chi connectivity index (χ1n) is 4.98. The molecule has 1 atom stereocenters. The summed E-state index contributed by atoms with van der Waals surface area (Å²) in [6, 6.07) is 3.34. The molecule has 1 aromatic carbocycles. The average Bonchev–Trinajstić information content (AvgIpc) is 2.24. The van der Waals surface area contributed by atoms with Crippen LogP contribution in [-0.2, 0) is 6.18 Å². The summed E-state index contributed by atoms with van der Waals surface area (Å²) in [5.41, 5.74) is -0.717. The van der Waals surface area contributed by atoms with Crippen LogP contribution in [0.15, 0.2) is 22.7 Å². The monoisotopic (exact) mass is 305 g/mol. The number of hydrogen-bond acceptors (Lipinski definition) is 1. The minimum absolute atomic E-state index is 0.00308. The van der Waals surface area contributed by atoms with Crippen molar-refractivity contribution in [1.82, 2.24) is 0 Å². The zero-order valence-corrected chi connectivity index (χ0v) is 10.7. The second-order valence-corrected chi connectivity index (χ2v) is 4.38. The molecule has 17 heavy (non-hydrogen) atoms. The summed E-state index contributed by atoms with van der Waals surface area (Å²) in [5.74, 6) is 2.40. The molecule has 1 N–H and O–H groups in total. The van der Waals surface area contributed by atoms with Crippen LogP contribution in [0.2, 0.25) is 0 Å². The first kappa shape index (κ1) is 13.9. The molecule has 0 aliphatic rings. The van der Waals surface area contributed by atoms with E-state index in [4.69, 9.17) is 6.42 Å². The largest absolute Gasteiger partial charge is 0.418 e. The molecule has 0 aliphatic carbocycles. The van der Waals surface area contributed by atoms with Gasteiger partial charge in [0.15, 0.2) is 0 Å². The van der Waals surface area contributed by atoms with Gasteiger partial charge in [0.1, 0.15) is 0 Å². The van der Waals surface area contributed by atoms with E-state index in [1.54, 1.807) is 0 Å². The van der Waals surface area contributed by atoms with Gasteiger partial charge in [0.2, 0.25) is 0 Å². The van der Waals surface area contributed by atoms with Gasteiger partial charge in [0.25, 0.3) is 0 Å². The molecular weight excluding hydrogens is 295 g/mol. The summed E-state index contributed by atoms with van der Waals surface area (Å²) in [7, 11) is 0. The molecule has 0 fully saturated rings. The number of benzene rings is 1. The van der Waals surface area contributed by atoms with Crippen molar-refractivity contribution in [2.24, 2.45) is 0 Å². The Bertz CT molecular complexity index is 434. The van der Waals surface area contributed by atoms with Gasteiger partial charge in [-0.2, -0.15) is 13.2 Å². The van der Waals surface area contributed by atoms with Crippen LogP contribution in [0.3, 0.4) is 0 Å². The fourth-order valence-corrected chi connectivity index (χ4v) is 1.69. The topological polar surface area (TPSA) is 12.0 Å². The number of anilines is 1. The number of nitrogens with one attached hydrogen (secondary N) is 1. The zero-order chi connectivity index (χ0) is 13.1. The quantitative estimate of drug-likeness (QED) is 0.821. The summed E-state index contributed by atoms with van der Waals surface area (Å²) >= 11 is 3.14. The van der Waals surface area contributed by atoms with E-state index >= 15 is 0 Å². The third-order valence-electron chi connectivity index (χ3n) is 2.23. The normalized spacial score (nSPS) is 12.9. The Morgan fingerprint density at radius 1 is 1.47 bits per heavy atom. The van der Waals surface area contributed by atoms with Gasteiger partial charge in [-0.15, -0.1) is 6.42 Å². The second kappa shape index (κ2) is 5.46. The molecular formula is C12H11BrF3N. The highest BCUT2D eigenvalue weighted by atomic mass is 79.9. The number of terminal acetylenes is 1. The summed E-state index contributed by atoms with van der Waals surface area (Å²) in [6.07, 6.45) is 1.39. The van der Waals surface area contributed by atoms with E-state index in [1.165, 1.54) is 12.1 Å². The smallest absolute Gasteiger partial charge is 0.371 e. The van der Waals surface area contributed by atoms with Gasteiger partial charge < -0.3 is 5.32 Å². The first-order valence-corrected chi connectivity index (χ1v) is 5.77. The first-order chi connectivity index (χ1) is 7.88. The van der Waals surface area contributed by atoms with Crippen molar-refractivity contribution in [3.8, 4) is 12.3 Å². The predicted molar refractivity (Wildman–Crippen MR) is 65.7 cm³/mol. The van der Waals surface area contributed by atoms with Crippen LogP contribution in [0.4, 0.5) is 18.9 Å². The van der Waals surface area contributed by atoms with Crippen LogP contribution < -0.4 is 5.32 Å². The number of rotatable bonds is 3. The minimum atomic E-state index is -4.39. The van der Waals surface area contributed by atoms with E-state index in [9.17, 15) is 13.2 Å². The minimum Gasteiger partial charge on any atom is -0.371 e. The highest BCUT2D eigenvalue weighted by molar-refractivity contribution is 9.10. The summed E-state index contributed by atoms with van der Waals surface area (Å²) in [5, 5.41) is 2.71. The molecule has 0 bridgehead atoms. The lowest BCUT2D eigenvalue weighted by Crippen LogP contribution is -2.19. The maximum Gasteiger partial charge on any atom is 0.418 e. The van der Waals surface area contributed by atoms with Gasteiger partial charge in [-0.25, -0.2) is 0 Å². The lowest BCUT2D eigenvalue weighted by molar-refractivity contribution is -0.137. The van der Waals surface area contributed by atoms with Crippen LogP contribution in [0.25, 0.3) is 0 Å². The zero-order valence-electron chi connectivity index (χ0n) is 9.11. The Labute approximate surface area is 107 Å². The van der Waals surface area contributed by atoms with Gasteiger partial charge in [-0.05, 0) is 24.6 Å². The van der Waals surface area contributed by atoms with Crippen LogP contribution >= 0.6 is 15.9 Å². The lowest BCUT2D eigenvalue weighted by Gasteiger charge is -2.18.